The minimum absolute atomic E-state index is 0.0699. The number of aromatic nitrogens is 6. The zero-order chi connectivity index (χ0) is 24.1. The third kappa shape index (κ3) is 3.57. The molecule has 0 bridgehead atoms. The van der Waals surface area contributed by atoms with Gasteiger partial charge in [0.1, 0.15) is 17.0 Å². The van der Waals surface area contributed by atoms with Crippen LogP contribution < -0.4 is 20.3 Å². The van der Waals surface area contributed by atoms with Crippen molar-refractivity contribution in [3.05, 3.63) is 82.2 Å². The molecule has 0 saturated carbocycles. The summed E-state index contributed by atoms with van der Waals surface area (Å²) in [6.45, 7) is 1.84. The molecular formula is C23H16FN7O4. The van der Waals surface area contributed by atoms with Gasteiger partial charge in [-0.15, -0.1) is 0 Å². The molecule has 3 aromatic heterocycles. The average molecular weight is 473 g/mol. The molecule has 1 amide bonds. The first-order valence-electron chi connectivity index (χ1n) is 10.5. The number of ether oxygens (including phenoxy) is 2. The van der Waals surface area contributed by atoms with Crippen LogP contribution in [0.1, 0.15) is 16.1 Å². The molecule has 35 heavy (non-hydrogen) atoms. The molecule has 1 aliphatic rings. The first-order valence-corrected chi connectivity index (χ1v) is 10.5. The van der Waals surface area contributed by atoms with Crippen molar-refractivity contribution in [3.63, 3.8) is 0 Å². The number of amides is 1. The Morgan fingerprint density at radius 3 is 2.71 bits per heavy atom. The lowest BCUT2D eigenvalue weighted by molar-refractivity contribution is 0.102. The third-order valence-electron chi connectivity index (χ3n) is 5.41. The first kappa shape index (κ1) is 20.6. The van der Waals surface area contributed by atoms with E-state index < -0.39 is 17.3 Å². The summed E-state index contributed by atoms with van der Waals surface area (Å²) in [7, 11) is 0. The van der Waals surface area contributed by atoms with E-state index in [1.807, 2.05) is 0 Å². The van der Waals surface area contributed by atoms with E-state index in [0.29, 0.717) is 34.3 Å². The Kier molecular flexibility index (Phi) is 4.59. The predicted molar refractivity (Wildman–Crippen MR) is 122 cm³/mol. The van der Waals surface area contributed by atoms with E-state index in [2.05, 4.69) is 25.5 Å². The molecule has 0 radical (unpaired) electrons. The molecule has 2 aromatic carbocycles. The number of fused-ring (bicyclic) bond motifs is 2. The summed E-state index contributed by atoms with van der Waals surface area (Å²) in [4.78, 5) is 32.9. The minimum atomic E-state index is -0.445. The summed E-state index contributed by atoms with van der Waals surface area (Å²) in [6.07, 6.45) is 1.38. The van der Waals surface area contributed by atoms with Crippen molar-refractivity contribution in [2.24, 2.45) is 0 Å². The van der Waals surface area contributed by atoms with Crippen LogP contribution in [0.2, 0.25) is 0 Å². The van der Waals surface area contributed by atoms with Gasteiger partial charge in [0.15, 0.2) is 17.1 Å². The average Bonchev–Trinajstić information content (AvgIpc) is 3.57. The fourth-order valence-electron chi connectivity index (χ4n) is 3.75. The number of hydrogen-bond acceptors (Lipinski definition) is 7. The lowest BCUT2D eigenvalue weighted by Gasteiger charge is -2.09. The monoisotopic (exact) mass is 473 g/mol. The number of benzene rings is 2. The molecule has 0 saturated heterocycles. The van der Waals surface area contributed by atoms with Crippen molar-refractivity contribution in [3.8, 4) is 23.1 Å². The van der Waals surface area contributed by atoms with Crippen LogP contribution in [0.15, 0.2) is 59.5 Å². The lowest BCUT2D eigenvalue weighted by Crippen LogP contribution is -2.19. The molecule has 11 nitrogen and oxygen atoms in total. The number of hydrogen-bond donors (Lipinski definition) is 2. The van der Waals surface area contributed by atoms with Crippen molar-refractivity contribution in [2.45, 2.75) is 6.92 Å². The quantitative estimate of drug-likeness (QED) is 0.411. The van der Waals surface area contributed by atoms with Crippen LogP contribution in [-0.4, -0.2) is 42.2 Å². The van der Waals surface area contributed by atoms with Crippen LogP contribution in [0.25, 0.3) is 22.7 Å². The van der Waals surface area contributed by atoms with Gasteiger partial charge in [-0.05, 0) is 49.4 Å². The van der Waals surface area contributed by atoms with Gasteiger partial charge in [0.05, 0.1) is 17.6 Å². The highest BCUT2D eigenvalue weighted by Gasteiger charge is 2.20. The third-order valence-corrected chi connectivity index (χ3v) is 5.41. The Labute approximate surface area is 195 Å². The van der Waals surface area contributed by atoms with E-state index in [1.54, 1.807) is 31.2 Å². The number of carbonyl (C=O) groups excluding carboxylic acids is 1. The van der Waals surface area contributed by atoms with Crippen LogP contribution in [-0.2, 0) is 0 Å². The van der Waals surface area contributed by atoms with Crippen molar-refractivity contribution in [2.75, 3.05) is 12.1 Å². The van der Waals surface area contributed by atoms with Gasteiger partial charge in [0, 0.05) is 11.6 Å². The Hall–Kier alpha value is -5.00. The normalized spacial score (nSPS) is 12.3. The number of H-pyrrole nitrogens is 1. The molecule has 0 fully saturated rings. The number of aromatic amines is 1. The van der Waals surface area contributed by atoms with Crippen molar-refractivity contribution < 1.29 is 18.7 Å². The SMILES string of the molecule is Cc1cc(NC(=O)c2ccc3c(c2)OCO3)n(-c2nc3c(cnn3-c3ccc(F)cc3)c(=O)[nH]2)n1. The largest absolute Gasteiger partial charge is 0.454 e. The van der Waals surface area contributed by atoms with Gasteiger partial charge < -0.3 is 14.8 Å². The van der Waals surface area contributed by atoms with Crippen LogP contribution in [0, 0.1) is 12.7 Å². The minimum Gasteiger partial charge on any atom is -0.454 e. The topological polar surface area (TPSA) is 129 Å². The molecule has 0 unspecified atom stereocenters. The number of carbonyl (C=O) groups is 1. The Balaban J connectivity index is 1.39. The smallest absolute Gasteiger partial charge is 0.263 e. The number of halogens is 1. The summed E-state index contributed by atoms with van der Waals surface area (Å²) in [6, 6.07) is 12.1. The van der Waals surface area contributed by atoms with E-state index in [-0.39, 0.29) is 23.8 Å². The van der Waals surface area contributed by atoms with Crippen molar-refractivity contribution in [1.29, 1.82) is 0 Å². The Bertz CT molecular complexity index is 1670. The van der Waals surface area contributed by atoms with Gasteiger partial charge in [-0.2, -0.15) is 19.9 Å². The molecule has 0 spiro atoms. The molecule has 5 aromatic rings. The number of nitrogens with one attached hydrogen (secondary N) is 2. The standard InChI is InChI=1S/C23H16FN7O4/c1-12-8-19(26-21(32)13-2-7-17-18(9-13)35-11-34-17)31(29-12)23-27-20-16(22(33)28-23)10-25-30(20)15-5-3-14(24)4-6-15/h2-10H,11H2,1H3,(H,26,32)(H,27,28,33). The molecule has 1 aliphatic heterocycles. The van der Waals surface area contributed by atoms with Gasteiger partial charge in [-0.3, -0.25) is 14.6 Å². The summed E-state index contributed by atoms with van der Waals surface area (Å²) in [5, 5.41) is 11.6. The molecule has 12 heteroatoms. The van der Waals surface area contributed by atoms with Gasteiger partial charge in [-0.1, -0.05) is 0 Å². The molecule has 0 aliphatic carbocycles. The van der Waals surface area contributed by atoms with E-state index in [1.165, 1.54) is 39.8 Å². The second-order valence-corrected chi connectivity index (χ2v) is 7.76. The zero-order valence-corrected chi connectivity index (χ0v) is 18.2. The molecular weight excluding hydrogens is 457 g/mol. The maximum atomic E-state index is 13.4. The Morgan fingerprint density at radius 2 is 1.89 bits per heavy atom. The van der Waals surface area contributed by atoms with E-state index in [9.17, 15) is 14.0 Å². The van der Waals surface area contributed by atoms with Gasteiger partial charge >= 0.3 is 0 Å². The van der Waals surface area contributed by atoms with Crippen LogP contribution >= 0.6 is 0 Å². The number of aryl methyl sites for hydroxylation is 1. The number of nitrogens with zero attached hydrogens (tertiary/aromatic N) is 5. The number of rotatable bonds is 4. The Morgan fingerprint density at radius 1 is 1.09 bits per heavy atom. The lowest BCUT2D eigenvalue weighted by atomic mass is 10.2. The van der Waals surface area contributed by atoms with Crippen LogP contribution in [0.3, 0.4) is 0 Å². The fraction of sp³-hybridized carbons (Fsp3) is 0.0870. The van der Waals surface area contributed by atoms with Crippen molar-refractivity contribution in [1.82, 2.24) is 29.5 Å². The van der Waals surface area contributed by atoms with Gasteiger partial charge in [0.2, 0.25) is 12.7 Å². The maximum absolute atomic E-state index is 13.4. The zero-order valence-electron chi connectivity index (χ0n) is 18.2. The molecule has 6 rings (SSSR count). The summed E-state index contributed by atoms with van der Waals surface area (Å²) in [5.74, 6) is 0.597. The summed E-state index contributed by atoms with van der Waals surface area (Å²) in [5.41, 5.74) is 1.27. The van der Waals surface area contributed by atoms with Gasteiger partial charge in [-0.25, -0.2) is 9.07 Å². The highest BCUT2D eigenvalue weighted by atomic mass is 19.1. The predicted octanol–water partition coefficient (Wildman–Crippen LogP) is 2.72. The number of anilines is 1. The first-order chi connectivity index (χ1) is 17.0. The fourth-order valence-corrected chi connectivity index (χ4v) is 3.75. The van der Waals surface area contributed by atoms with Crippen molar-refractivity contribution >= 4 is 22.8 Å². The maximum Gasteiger partial charge on any atom is 0.263 e. The van der Waals surface area contributed by atoms with Crippen LogP contribution in [0.5, 0.6) is 11.5 Å². The highest BCUT2D eigenvalue weighted by Crippen LogP contribution is 2.32. The van der Waals surface area contributed by atoms with E-state index >= 15 is 0 Å². The van der Waals surface area contributed by atoms with E-state index in [0.717, 1.165) is 0 Å². The highest BCUT2D eigenvalue weighted by molar-refractivity contribution is 6.04. The van der Waals surface area contributed by atoms with Crippen LogP contribution in [0.4, 0.5) is 10.2 Å². The molecule has 0 atom stereocenters. The molecule has 4 heterocycles. The summed E-state index contributed by atoms with van der Waals surface area (Å²) < 4.78 is 26.7. The molecule has 174 valence electrons. The second-order valence-electron chi connectivity index (χ2n) is 7.76. The second kappa shape index (κ2) is 7.80. The van der Waals surface area contributed by atoms with E-state index in [4.69, 9.17) is 9.47 Å². The molecule has 2 N–H and O–H groups in total. The van der Waals surface area contributed by atoms with Gasteiger partial charge in [0.25, 0.3) is 11.5 Å². The summed E-state index contributed by atoms with van der Waals surface area (Å²) >= 11 is 0.